The third-order valence-corrected chi connectivity index (χ3v) is 9.74. The number of anilines is 1. The van der Waals surface area contributed by atoms with Gasteiger partial charge in [0.1, 0.15) is 12.6 Å². The van der Waals surface area contributed by atoms with Gasteiger partial charge in [0.15, 0.2) is 0 Å². The predicted octanol–water partition coefficient (Wildman–Crippen LogP) is 5.72. The van der Waals surface area contributed by atoms with Gasteiger partial charge in [0, 0.05) is 12.6 Å². The molecule has 8 heteroatoms. The van der Waals surface area contributed by atoms with Gasteiger partial charge in [-0.25, -0.2) is 8.42 Å². The van der Waals surface area contributed by atoms with Crippen LogP contribution in [0.1, 0.15) is 61.3 Å². The van der Waals surface area contributed by atoms with Gasteiger partial charge in [-0.3, -0.25) is 13.9 Å². The van der Waals surface area contributed by atoms with Crippen molar-refractivity contribution in [3.63, 3.8) is 0 Å². The minimum absolute atomic E-state index is 0.113. The summed E-state index contributed by atoms with van der Waals surface area (Å²) in [5.74, 6) is -0.584. The molecule has 1 aliphatic carbocycles. The lowest BCUT2D eigenvalue weighted by Crippen LogP contribution is -2.54. The van der Waals surface area contributed by atoms with E-state index in [2.05, 4.69) is 5.32 Å². The highest BCUT2D eigenvalue weighted by Crippen LogP contribution is 2.27. The average Bonchev–Trinajstić information content (AvgIpc) is 3.47. The first kappa shape index (κ1) is 31.3. The molecule has 3 aromatic rings. The van der Waals surface area contributed by atoms with E-state index in [1.54, 1.807) is 41.3 Å². The summed E-state index contributed by atoms with van der Waals surface area (Å²) in [6.07, 6.45) is 5.02. The lowest BCUT2D eigenvalue weighted by molar-refractivity contribution is -0.139. The third-order valence-electron chi connectivity index (χ3n) is 7.95. The molecule has 1 aliphatic rings. The van der Waals surface area contributed by atoms with E-state index in [0.717, 1.165) is 47.9 Å². The smallest absolute Gasteiger partial charge is 0.264 e. The van der Waals surface area contributed by atoms with Crippen LogP contribution in [-0.4, -0.2) is 50.3 Å². The van der Waals surface area contributed by atoms with Crippen molar-refractivity contribution in [2.24, 2.45) is 0 Å². The summed E-state index contributed by atoms with van der Waals surface area (Å²) in [5, 5.41) is 3.16. The second-order valence-corrected chi connectivity index (χ2v) is 13.3. The molecule has 0 aliphatic heterocycles. The van der Waals surface area contributed by atoms with Crippen molar-refractivity contribution in [2.45, 2.75) is 83.2 Å². The van der Waals surface area contributed by atoms with E-state index in [-0.39, 0.29) is 16.8 Å². The largest absolute Gasteiger partial charge is 0.352 e. The standard InChI is InChI=1S/C34H43N3O4S/c1-5-32(34(39)35-29-13-9-10-14-29)36(20-19-28-11-7-6-8-12-28)33(38)24-37(30-22-26(3)21-27(4)23-30)42(40,41)31-17-15-25(2)16-18-31/h6-8,11-12,15-18,21-23,29,32H,5,9-10,13-14,19-20,24H2,1-4H3,(H,35,39)/t32-/m1/s1. The van der Waals surface area contributed by atoms with Crippen LogP contribution in [0, 0.1) is 20.8 Å². The SMILES string of the molecule is CC[C@H](C(=O)NC1CCCC1)N(CCc1ccccc1)C(=O)CN(c1cc(C)cc(C)c1)S(=O)(=O)c1ccc(C)cc1. The van der Waals surface area contributed by atoms with E-state index in [0.29, 0.717) is 25.1 Å². The van der Waals surface area contributed by atoms with Crippen LogP contribution in [0.2, 0.25) is 0 Å². The molecule has 0 saturated heterocycles. The Balaban J connectivity index is 1.70. The molecule has 1 N–H and O–H groups in total. The summed E-state index contributed by atoms with van der Waals surface area (Å²) < 4.78 is 29.4. The highest BCUT2D eigenvalue weighted by atomic mass is 32.2. The van der Waals surface area contributed by atoms with Crippen LogP contribution in [0.4, 0.5) is 5.69 Å². The number of carbonyl (C=O) groups excluding carboxylic acids is 2. The molecule has 0 bridgehead atoms. The van der Waals surface area contributed by atoms with Gasteiger partial charge in [-0.2, -0.15) is 0 Å². The second kappa shape index (κ2) is 14.0. The van der Waals surface area contributed by atoms with Crippen molar-refractivity contribution < 1.29 is 18.0 Å². The van der Waals surface area contributed by atoms with Gasteiger partial charge in [0.2, 0.25) is 11.8 Å². The topological polar surface area (TPSA) is 86.8 Å². The van der Waals surface area contributed by atoms with Gasteiger partial charge in [-0.05, 0) is 87.4 Å². The number of benzene rings is 3. The zero-order valence-electron chi connectivity index (χ0n) is 25.2. The monoisotopic (exact) mass is 589 g/mol. The summed E-state index contributed by atoms with van der Waals surface area (Å²) in [6.45, 7) is 7.48. The molecule has 1 fully saturated rings. The van der Waals surface area contributed by atoms with Crippen LogP contribution in [0.15, 0.2) is 77.7 Å². The Kier molecular flexibility index (Phi) is 10.4. The first-order valence-corrected chi connectivity index (χ1v) is 16.3. The number of aryl methyl sites for hydroxylation is 3. The minimum Gasteiger partial charge on any atom is -0.352 e. The van der Waals surface area contributed by atoms with Gasteiger partial charge in [0.25, 0.3) is 10.0 Å². The van der Waals surface area contributed by atoms with E-state index in [1.807, 2.05) is 64.1 Å². The lowest BCUT2D eigenvalue weighted by Gasteiger charge is -2.34. The van der Waals surface area contributed by atoms with Crippen molar-refractivity contribution in [3.05, 3.63) is 95.1 Å². The molecule has 3 aromatic carbocycles. The Bertz CT molecular complexity index is 1450. The molecular weight excluding hydrogens is 546 g/mol. The van der Waals surface area contributed by atoms with Crippen LogP contribution in [0.5, 0.6) is 0 Å². The van der Waals surface area contributed by atoms with Crippen molar-refractivity contribution >= 4 is 27.5 Å². The zero-order chi connectivity index (χ0) is 30.3. The van der Waals surface area contributed by atoms with Crippen LogP contribution in [0.25, 0.3) is 0 Å². The highest BCUT2D eigenvalue weighted by Gasteiger charge is 2.34. The van der Waals surface area contributed by atoms with Crippen molar-refractivity contribution in [1.29, 1.82) is 0 Å². The summed E-state index contributed by atoms with van der Waals surface area (Å²) >= 11 is 0. The quantitative estimate of drug-likeness (QED) is 0.293. The summed E-state index contributed by atoms with van der Waals surface area (Å²) in [6, 6.07) is 21.4. The normalized spacial score (nSPS) is 14.4. The van der Waals surface area contributed by atoms with Crippen molar-refractivity contribution in [1.82, 2.24) is 10.2 Å². The van der Waals surface area contributed by atoms with Gasteiger partial charge in [-0.1, -0.05) is 73.9 Å². The van der Waals surface area contributed by atoms with Crippen LogP contribution in [0.3, 0.4) is 0 Å². The van der Waals surface area contributed by atoms with Crippen molar-refractivity contribution in [2.75, 3.05) is 17.4 Å². The number of nitrogens with zero attached hydrogens (tertiary/aromatic N) is 2. The Labute approximate surface area is 251 Å². The van der Waals surface area contributed by atoms with E-state index in [4.69, 9.17) is 0 Å². The van der Waals surface area contributed by atoms with Crippen LogP contribution in [-0.2, 0) is 26.0 Å². The molecule has 0 spiro atoms. The first-order valence-electron chi connectivity index (χ1n) is 14.9. The molecule has 0 heterocycles. The fraction of sp³-hybridized carbons (Fsp3) is 0.412. The molecule has 224 valence electrons. The Morgan fingerprint density at radius 2 is 1.50 bits per heavy atom. The van der Waals surface area contributed by atoms with Gasteiger partial charge in [0.05, 0.1) is 10.6 Å². The maximum absolute atomic E-state index is 14.2. The number of hydrogen-bond acceptors (Lipinski definition) is 4. The van der Waals surface area contributed by atoms with Crippen LogP contribution < -0.4 is 9.62 Å². The van der Waals surface area contributed by atoms with E-state index in [1.165, 1.54) is 4.31 Å². The van der Waals surface area contributed by atoms with E-state index in [9.17, 15) is 18.0 Å². The average molecular weight is 590 g/mol. The van der Waals surface area contributed by atoms with E-state index < -0.39 is 28.5 Å². The Hall–Kier alpha value is -3.65. The molecule has 7 nitrogen and oxygen atoms in total. The molecule has 4 rings (SSSR count). The van der Waals surface area contributed by atoms with Gasteiger partial charge < -0.3 is 10.2 Å². The zero-order valence-corrected chi connectivity index (χ0v) is 26.0. The number of carbonyl (C=O) groups is 2. The predicted molar refractivity (Wildman–Crippen MR) is 168 cm³/mol. The summed E-state index contributed by atoms with van der Waals surface area (Å²) in [7, 11) is -4.09. The number of nitrogens with one attached hydrogen (secondary N) is 1. The number of rotatable bonds is 12. The van der Waals surface area contributed by atoms with Gasteiger partial charge >= 0.3 is 0 Å². The molecule has 1 atom stereocenters. The fourth-order valence-corrected chi connectivity index (χ4v) is 7.12. The third kappa shape index (κ3) is 7.79. The molecule has 1 saturated carbocycles. The number of amides is 2. The van der Waals surface area contributed by atoms with Crippen LogP contribution >= 0.6 is 0 Å². The van der Waals surface area contributed by atoms with Crippen molar-refractivity contribution in [3.8, 4) is 0 Å². The molecular formula is C34H43N3O4S. The van der Waals surface area contributed by atoms with E-state index >= 15 is 0 Å². The molecule has 0 aromatic heterocycles. The number of sulfonamides is 1. The maximum Gasteiger partial charge on any atom is 0.264 e. The van der Waals surface area contributed by atoms with Gasteiger partial charge in [-0.15, -0.1) is 0 Å². The number of hydrogen-bond donors (Lipinski definition) is 1. The molecule has 2 amide bonds. The summed E-state index contributed by atoms with van der Waals surface area (Å²) in [5.41, 5.74) is 4.19. The first-order chi connectivity index (χ1) is 20.1. The Morgan fingerprint density at radius 3 is 2.10 bits per heavy atom. The highest BCUT2D eigenvalue weighted by molar-refractivity contribution is 7.92. The second-order valence-electron chi connectivity index (χ2n) is 11.4. The fourth-order valence-electron chi connectivity index (χ4n) is 5.72. The molecule has 0 radical (unpaired) electrons. The summed E-state index contributed by atoms with van der Waals surface area (Å²) in [4.78, 5) is 29.5. The lowest BCUT2D eigenvalue weighted by atomic mass is 10.1. The minimum atomic E-state index is -4.09. The molecule has 42 heavy (non-hydrogen) atoms. The maximum atomic E-state index is 14.2. The molecule has 0 unspecified atom stereocenters. The Morgan fingerprint density at radius 1 is 0.881 bits per heavy atom.